The summed E-state index contributed by atoms with van der Waals surface area (Å²) in [6.07, 6.45) is 1.50. The molecule has 32 heavy (non-hydrogen) atoms. The minimum atomic E-state index is -2.05. The molecule has 0 fully saturated rings. The van der Waals surface area contributed by atoms with Gasteiger partial charge in [0, 0.05) is 0 Å². The van der Waals surface area contributed by atoms with Gasteiger partial charge in [-0.05, 0) is 44.2 Å². The molecule has 2 aromatic rings. The number of hydrogen-bond donors (Lipinski definition) is 0. The third-order valence-corrected chi connectivity index (χ3v) is 8.99. The van der Waals surface area contributed by atoms with Gasteiger partial charge in [0.15, 0.2) is 0 Å². The highest BCUT2D eigenvalue weighted by molar-refractivity contribution is 6.76. The zero-order valence-corrected chi connectivity index (χ0v) is 22.2. The Bertz CT molecular complexity index is 828. The summed E-state index contributed by atoms with van der Waals surface area (Å²) < 4.78 is 12.9. The van der Waals surface area contributed by atoms with Gasteiger partial charge in [-0.2, -0.15) is 5.10 Å². The Balaban J connectivity index is 2.27. The number of hydrogen-bond acceptors (Lipinski definition) is 4. The van der Waals surface area contributed by atoms with Crippen molar-refractivity contribution in [2.45, 2.75) is 58.4 Å². The highest BCUT2D eigenvalue weighted by Crippen LogP contribution is 2.18. The van der Waals surface area contributed by atoms with Crippen molar-refractivity contribution in [2.24, 2.45) is 5.10 Å². The molecule has 0 amide bonds. The first-order chi connectivity index (χ1) is 15.1. The lowest BCUT2D eigenvalue weighted by Gasteiger charge is -2.33. The topological polar surface area (TPSA) is 34.1 Å². The maximum Gasteiger partial charge on any atom is 0.211 e. The van der Waals surface area contributed by atoms with Crippen LogP contribution in [0.3, 0.4) is 0 Å². The molecule has 2 atom stereocenters. The maximum atomic E-state index is 6.50. The molecule has 0 aromatic heterocycles. The van der Waals surface area contributed by atoms with Crippen molar-refractivity contribution in [1.29, 1.82) is 0 Å². The summed E-state index contributed by atoms with van der Waals surface area (Å²) in [7, 11) is -4.01. The molecule has 0 unspecified atom stereocenters. The number of hydrazone groups is 1. The van der Waals surface area contributed by atoms with E-state index in [1.807, 2.05) is 29.7 Å². The Hall–Kier alpha value is -2.26. The molecule has 6 heteroatoms. The summed E-state index contributed by atoms with van der Waals surface area (Å²) in [6.45, 7) is 19.9. The van der Waals surface area contributed by atoms with Crippen LogP contribution in [0.25, 0.3) is 0 Å². The molecular weight excluding hydrogens is 428 g/mol. The van der Waals surface area contributed by atoms with Crippen molar-refractivity contribution < 1.29 is 8.85 Å². The molecule has 0 aliphatic heterocycles. The monoisotopic (exact) mass is 466 g/mol. The van der Waals surface area contributed by atoms with Crippen LogP contribution in [0.15, 0.2) is 90.3 Å². The molecule has 0 radical (unpaired) electrons. The standard InChI is InChI=1S/C26H38N2O2Si2/c1-8-31(4,5)29-23(3)26(30-32(6,7)9-2)20-27-28(21-24-16-12-10-13-17-24)22-25-18-14-11-15-19-25/h8-20,23,26H,1-2,21-22H2,3-7H3/b27-20+/t23-,26-/m0/s1. The van der Waals surface area contributed by atoms with Crippen molar-refractivity contribution in [3.05, 3.63) is 96.3 Å². The molecule has 0 bridgehead atoms. The molecule has 4 nitrogen and oxygen atoms in total. The Morgan fingerprint density at radius 1 is 0.812 bits per heavy atom. The van der Waals surface area contributed by atoms with Gasteiger partial charge in [0.2, 0.25) is 16.6 Å². The Kier molecular flexibility index (Phi) is 9.84. The van der Waals surface area contributed by atoms with Gasteiger partial charge in [-0.1, -0.05) is 72.1 Å². The van der Waals surface area contributed by atoms with E-state index in [-0.39, 0.29) is 12.2 Å². The number of nitrogens with zero attached hydrogens (tertiary/aromatic N) is 2. The number of rotatable bonds is 13. The molecule has 0 spiro atoms. The molecule has 0 heterocycles. The van der Waals surface area contributed by atoms with Crippen molar-refractivity contribution in [1.82, 2.24) is 5.01 Å². The second kappa shape index (κ2) is 12.1. The molecule has 0 saturated carbocycles. The smallest absolute Gasteiger partial charge is 0.211 e. The maximum absolute atomic E-state index is 6.50. The molecule has 0 aliphatic rings. The number of benzene rings is 2. The third kappa shape index (κ3) is 9.08. The van der Waals surface area contributed by atoms with Crippen LogP contribution in [0, 0.1) is 0 Å². The van der Waals surface area contributed by atoms with Crippen molar-refractivity contribution in [3.8, 4) is 0 Å². The summed E-state index contributed by atoms with van der Waals surface area (Å²) >= 11 is 0. The fraction of sp³-hybridized carbons (Fsp3) is 0.346. The van der Waals surface area contributed by atoms with Crippen LogP contribution in [-0.2, 0) is 21.9 Å². The molecule has 0 aliphatic carbocycles. The summed E-state index contributed by atoms with van der Waals surface area (Å²) in [5.74, 6) is 0. The highest BCUT2D eigenvalue weighted by atomic mass is 28.4. The van der Waals surface area contributed by atoms with E-state index in [4.69, 9.17) is 14.0 Å². The lowest BCUT2D eigenvalue weighted by Crippen LogP contribution is -2.45. The van der Waals surface area contributed by atoms with Gasteiger partial charge in [-0.25, -0.2) is 0 Å². The second-order valence-electron chi connectivity index (χ2n) is 9.08. The summed E-state index contributed by atoms with van der Waals surface area (Å²) in [6, 6.07) is 20.8. The van der Waals surface area contributed by atoms with Crippen LogP contribution in [-0.4, -0.2) is 40.1 Å². The van der Waals surface area contributed by atoms with Gasteiger partial charge in [-0.3, -0.25) is 5.01 Å². The first-order valence-corrected chi connectivity index (χ1v) is 17.1. The molecule has 172 valence electrons. The fourth-order valence-corrected chi connectivity index (χ4v) is 5.37. The van der Waals surface area contributed by atoms with E-state index in [0.29, 0.717) is 13.1 Å². The normalized spacial score (nSPS) is 14.2. The predicted molar refractivity (Wildman–Crippen MR) is 141 cm³/mol. The van der Waals surface area contributed by atoms with Crippen LogP contribution in [0.2, 0.25) is 26.2 Å². The largest absolute Gasteiger partial charge is 0.408 e. The van der Waals surface area contributed by atoms with Gasteiger partial charge in [-0.15, -0.1) is 13.2 Å². The highest BCUT2D eigenvalue weighted by Gasteiger charge is 2.30. The van der Waals surface area contributed by atoms with Crippen LogP contribution in [0.1, 0.15) is 18.1 Å². The van der Waals surface area contributed by atoms with E-state index in [0.717, 1.165) is 0 Å². The SMILES string of the molecule is C=C[Si](C)(C)O[C@@H](C)[C@H](/C=N/N(Cc1ccccc1)Cc1ccccc1)O[Si](C)(C)C=C. The minimum absolute atomic E-state index is 0.138. The average Bonchev–Trinajstić information content (AvgIpc) is 2.77. The average molecular weight is 467 g/mol. The molecule has 2 rings (SSSR count). The van der Waals surface area contributed by atoms with Gasteiger partial charge in [0.25, 0.3) is 0 Å². The lowest BCUT2D eigenvalue weighted by atomic mass is 10.2. The first-order valence-electron chi connectivity index (χ1n) is 11.1. The van der Waals surface area contributed by atoms with Gasteiger partial charge in [0.1, 0.15) is 6.10 Å². The Morgan fingerprint density at radius 3 is 1.69 bits per heavy atom. The van der Waals surface area contributed by atoms with Crippen LogP contribution in [0.4, 0.5) is 0 Å². The van der Waals surface area contributed by atoms with E-state index in [2.05, 4.69) is 99.8 Å². The zero-order valence-electron chi connectivity index (χ0n) is 20.2. The quantitative estimate of drug-likeness (QED) is 0.197. The van der Waals surface area contributed by atoms with Gasteiger partial charge in [0.05, 0.1) is 25.4 Å². The van der Waals surface area contributed by atoms with Crippen molar-refractivity contribution in [2.75, 3.05) is 0 Å². The van der Waals surface area contributed by atoms with E-state index >= 15 is 0 Å². The molecular formula is C26H38N2O2Si2. The summed E-state index contributed by atoms with van der Waals surface area (Å²) in [5, 5.41) is 6.97. The molecule has 0 N–H and O–H groups in total. The Labute approximate surface area is 196 Å². The van der Waals surface area contributed by atoms with Crippen LogP contribution in [0.5, 0.6) is 0 Å². The van der Waals surface area contributed by atoms with E-state index < -0.39 is 16.6 Å². The zero-order chi connectivity index (χ0) is 23.6. The second-order valence-corrected chi connectivity index (χ2v) is 16.8. The van der Waals surface area contributed by atoms with Gasteiger partial charge < -0.3 is 8.85 Å². The predicted octanol–water partition coefficient (Wildman–Crippen LogP) is 6.33. The molecule has 0 saturated heterocycles. The van der Waals surface area contributed by atoms with Gasteiger partial charge >= 0.3 is 0 Å². The summed E-state index contributed by atoms with van der Waals surface area (Å²) in [4.78, 5) is 0. The lowest BCUT2D eigenvalue weighted by molar-refractivity contribution is 0.101. The van der Waals surface area contributed by atoms with Crippen LogP contribution < -0.4 is 0 Å². The minimum Gasteiger partial charge on any atom is -0.408 e. The summed E-state index contributed by atoms with van der Waals surface area (Å²) in [5.41, 5.74) is 6.32. The van der Waals surface area contributed by atoms with Crippen LogP contribution >= 0.6 is 0 Å². The van der Waals surface area contributed by atoms with Crippen molar-refractivity contribution in [3.63, 3.8) is 0 Å². The first kappa shape index (κ1) is 26.0. The van der Waals surface area contributed by atoms with E-state index in [1.54, 1.807) is 0 Å². The van der Waals surface area contributed by atoms with E-state index in [1.165, 1.54) is 11.1 Å². The molecule has 2 aromatic carbocycles. The van der Waals surface area contributed by atoms with Crippen molar-refractivity contribution >= 4 is 22.8 Å². The third-order valence-electron chi connectivity index (χ3n) is 5.17. The fourth-order valence-electron chi connectivity index (χ4n) is 3.13. The Morgan fingerprint density at radius 2 is 1.25 bits per heavy atom. The van der Waals surface area contributed by atoms with E-state index in [9.17, 15) is 0 Å².